The smallest absolute Gasteiger partial charge is 0.251 e. The maximum absolute atomic E-state index is 12.0. The van der Waals surface area contributed by atoms with Gasteiger partial charge in [-0.25, -0.2) is 0 Å². The summed E-state index contributed by atoms with van der Waals surface area (Å²) in [6.45, 7) is 16.9. The summed E-state index contributed by atoms with van der Waals surface area (Å²) in [5.41, 5.74) is 0.612. The number of carbonyl (C=O) groups is 4. The van der Waals surface area contributed by atoms with E-state index in [-0.39, 0.29) is 31.1 Å². The molecule has 52 heavy (non-hydrogen) atoms. The molecule has 8 atom stereocenters. The first-order valence-electron chi connectivity index (χ1n) is 18.1. The molecular formula is C37H74N3O12+. The molecular weight excluding hydrogens is 678 g/mol. The first kappa shape index (κ1) is 54.0. The van der Waals surface area contributed by atoms with E-state index in [2.05, 4.69) is 52.2 Å². The number of aliphatic hydroxyl groups excluding tert-OH is 8. The summed E-state index contributed by atoms with van der Waals surface area (Å²) >= 11 is 0. The van der Waals surface area contributed by atoms with Crippen molar-refractivity contribution < 1.29 is 65.4 Å². The minimum Gasteiger partial charge on any atom is -0.387 e. The molecule has 0 saturated heterocycles. The zero-order chi connectivity index (χ0) is 40.1. The average Bonchev–Trinajstić information content (AvgIpc) is 3.06. The Labute approximate surface area is 311 Å². The highest BCUT2D eigenvalue weighted by Gasteiger charge is 2.38. The van der Waals surface area contributed by atoms with E-state index < -0.39 is 72.2 Å². The third kappa shape index (κ3) is 24.0. The highest BCUT2D eigenvalue weighted by Crippen LogP contribution is 2.20. The normalized spacial score (nSPS) is 16.3. The molecule has 15 nitrogen and oxygen atoms in total. The van der Waals surface area contributed by atoms with Gasteiger partial charge >= 0.3 is 0 Å². The summed E-state index contributed by atoms with van der Waals surface area (Å²) in [5.74, 6) is -3.11. The molecule has 0 fully saturated rings. The number of unbranched alkanes of at least 4 members (excludes halogenated alkanes) is 2. The van der Waals surface area contributed by atoms with Crippen molar-refractivity contribution in [1.82, 2.24) is 10.6 Å². The van der Waals surface area contributed by atoms with Gasteiger partial charge in [0.05, 0.1) is 6.42 Å². The SMILES string of the molecule is C.CCCCC(=O)[C@H](O)[C@@H](O)[C@@H](O)[C@H](O)C(=O)NCCCC(C)(C)C.CCCCC(=[NH2+])CC(=O)[C@H](O)[C@@H](O)[C@@H](O)[C@H](O)C(=O)NCCCC(C)(C)C. The van der Waals surface area contributed by atoms with Crippen LogP contribution in [0.5, 0.6) is 0 Å². The summed E-state index contributed by atoms with van der Waals surface area (Å²) in [6.07, 6.45) is -9.00. The third-order valence-corrected chi connectivity index (χ3v) is 8.03. The van der Waals surface area contributed by atoms with Gasteiger partial charge in [0.15, 0.2) is 29.5 Å². The fraction of sp³-hybridized carbons (Fsp3) is 0.865. The minimum absolute atomic E-state index is 0. The molecule has 0 aliphatic rings. The van der Waals surface area contributed by atoms with Gasteiger partial charge in [0.25, 0.3) is 11.8 Å². The Balaban J connectivity index is -0.000000912. The lowest BCUT2D eigenvalue weighted by Gasteiger charge is -2.25. The summed E-state index contributed by atoms with van der Waals surface area (Å²) in [4.78, 5) is 47.3. The summed E-state index contributed by atoms with van der Waals surface area (Å²) in [7, 11) is 0. The lowest BCUT2D eigenvalue weighted by Crippen LogP contribution is -2.53. The lowest BCUT2D eigenvalue weighted by atomic mass is 9.90. The van der Waals surface area contributed by atoms with Crippen LogP contribution in [-0.4, -0.2) is 132 Å². The van der Waals surface area contributed by atoms with Crippen LogP contribution >= 0.6 is 0 Å². The lowest BCUT2D eigenvalue weighted by molar-refractivity contribution is -0.155. The predicted molar refractivity (Wildman–Crippen MR) is 199 cm³/mol. The molecule has 0 aromatic rings. The third-order valence-electron chi connectivity index (χ3n) is 8.03. The Bertz CT molecular complexity index is 1040. The number of nitrogens with one attached hydrogen (secondary N) is 2. The summed E-state index contributed by atoms with van der Waals surface area (Å²) < 4.78 is 0. The number of aliphatic hydroxyl groups is 8. The molecule has 0 unspecified atom stereocenters. The molecule has 0 heterocycles. The van der Waals surface area contributed by atoms with Gasteiger partial charge in [-0.3, -0.25) is 24.6 Å². The molecule has 0 aliphatic heterocycles. The van der Waals surface area contributed by atoms with Crippen molar-refractivity contribution in [3.05, 3.63) is 0 Å². The number of ketones is 2. The molecule has 0 rings (SSSR count). The van der Waals surface area contributed by atoms with E-state index in [0.29, 0.717) is 44.5 Å². The van der Waals surface area contributed by atoms with Crippen molar-refractivity contribution in [2.75, 3.05) is 13.1 Å². The quantitative estimate of drug-likeness (QED) is 0.0440. The number of carbonyl (C=O) groups excluding carboxylic acids is 4. The van der Waals surface area contributed by atoms with Crippen molar-refractivity contribution in [3.63, 3.8) is 0 Å². The molecule has 0 radical (unpaired) electrons. The van der Waals surface area contributed by atoms with Crippen molar-refractivity contribution in [1.29, 1.82) is 0 Å². The Kier molecular flexibility index (Phi) is 28.3. The Morgan fingerprint density at radius 1 is 0.538 bits per heavy atom. The zero-order valence-corrected chi connectivity index (χ0v) is 32.1. The van der Waals surface area contributed by atoms with Gasteiger partial charge in [-0.15, -0.1) is 0 Å². The molecule has 0 aromatic carbocycles. The fourth-order valence-electron chi connectivity index (χ4n) is 4.63. The Morgan fingerprint density at radius 3 is 1.21 bits per heavy atom. The molecule has 15 heteroatoms. The monoisotopic (exact) mass is 753 g/mol. The van der Waals surface area contributed by atoms with Crippen LogP contribution in [0.25, 0.3) is 0 Å². The van der Waals surface area contributed by atoms with Crippen LogP contribution in [-0.2, 0) is 19.2 Å². The second kappa shape index (κ2) is 27.2. The highest BCUT2D eigenvalue weighted by atomic mass is 16.4. The largest absolute Gasteiger partial charge is 0.387 e. The van der Waals surface area contributed by atoms with Crippen molar-refractivity contribution in [2.45, 2.75) is 182 Å². The number of amides is 2. The Morgan fingerprint density at radius 2 is 0.865 bits per heavy atom. The maximum atomic E-state index is 12.0. The van der Waals surface area contributed by atoms with Gasteiger partial charge in [0.1, 0.15) is 36.6 Å². The molecule has 0 aromatic heterocycles. The van der Waals surface area contributed by atoms with Crippen LogP contribution in [0.3, 0.4) is 0 Å². The van der Waals surface area contributed by atoms with Gasteiger partial charge in [-0.1, -0.05) is 75.7 Å². The van der Waals surface area contributed by atoms with Crippen LogP contribution in [0.1, 0.15) is 133 Å². The second-order valence-electron chi connectivity index (χ2n) is 15.6. The first-order valence-corrected chi connectivity index (χ1v) is 18.1. The average molecular weight is 753 g/mol. The van der Waals surface area contributed by atoms with Crippen molar-refractivity contribution >= 4 is 29.1 Å². The van der Waals surface area contributed by atoms with Gasteiger partial charge < -0.3 is 51.5 Å². The van der Waals surface area contributed by atoms with Gasteiger partial charge in [0.2, 0.25) is 0 Å². The molecule has 0 saturated carbocycles. The predicted octanol–water partition coefficient (Wildman–Crippen LogP) is -0.510. The first-order chi connectivity index (χ1) is 23.4. The van der Waals surface area contributed by atoms with Crippen LogP contribution in [0.4, 0.5) is 0 Å². The van der Waals surface area contributed by atoms with E-state index in [1.807, 2.05) is 13.8 Å². The number of Topliss-reactive ketones (excluding diaryl/α,β-unsaturated/α-hetero) is 2. The second-order valence-corrected chi connectivity index (χ2v) is 15.6. The van der Waals surface area contributed by atoms with Crippen LogP contribution in [0, 0.1) is 10.8 Å². The molecule has 12 N–H and O–H groups in total. The maximum Gasteiger partial charge on any atom is 0.251 e. The van der Waals surface area contributed by atoms with E-state index in [1.54, 1.807) is 0 Å². The van der Waals surface area contributed by atoms with Crippen molar-refractivity contribution in [2.24, 2.45) is 10.8 Å². The summed E-state index contributed by atoms with van der Waals surface area (Å²) in [5, 5.41) is 89.4. The van der Waals surface area contributed by atoms with Crippen molar-refractivity contribution in [3.8, 4) is 0 Å². The van der Waals surface area contributed by atoms with E-state index in [4.69, 9.17) is 5.41 Å². The number of hydrogen-bond acceptors (Lipinski definition) is 12. The number of hydrogen-bond donors (Lipinski definition) is 11. The molecule has 0 spiro atoms. The fourth-order valence-corrected chi connectivity index (χ4v) is 4.63. The van der Waals surface area contributed by atoms with Gasteiger partial charge in [-0.05, 0) is 49.4 Å². The Hall–Kier alpha value is -2.37. The molecule has 2 amide bonds. The van der Waals surface area contributed by atoms with Gasteiger partial charge in [-0.2, -0.15) is 0 Å². The molecule has 308 valence electrons. The summed E-state index contributed by atoms with van der Waals surface area (Å²) in [6, 6.07) is 0. The minimum atomic E-state index is -2.00. The van der Waals surface area contributed by atoms with Crippen LogP contribution < -0.4 is 16.0 Å². The van der Waals surface area contributed by atoms with E-state index >= 15 is 0 Å². The van der Waals surface area contributed by atoms with E-state index in [9.17, 15) is 60.0 Å². The number of rotatable bonds is 24. The topological polar surface area (TPSA) is 280 Å². The number of nitrogens with two attached hydrogens (primary N) is 1. The van der Waals surface area contributed by atoms with Crippen LogP contribution in [0.15, 0.2) is 0 Å². The molecule has 0 aliphatic carbocycles. The molecule has 0 bridgehead atoms. The van der Waals surface area contributed by atoms with Crippen LogP contribution in [0.2, 0.25) is 0 Å². The zero-order valence-electron chi connectivity index (χ0n) is 32.1. The highest BCUT2D eigenvalue weighted by molar-refractivity contribution is 6.01. The standard InChI is InChI=1S/C19H36N2O6.C17H33NO6.CH4/c1-5-6-8-12(20)11-13(22)14(23)15(24)16(25)17(26)18(27)21-10-7-9-19(2,3)4;1-5-6-8-11(19)12(20)13(21)14(22)15(23)16(24)18-10-7-9-17(2,3)4;/h14-17,20,23-26H,5-11H2,1-4H3,(H,21,27);12-15,20-23H,5-10H2,1-4H3,(H,18,24);1H4/p+1/t14-,15+,16+,17-;12-,13+,14+,15-;/m00./s1. The van der Waals surface area contributed by atoms with Gasteiger partial charge in [0, 0.05) is 25.9 Å². The van der Waals surface area contributed by atoms with E-state index in [1.165, 1.54) is 0 Å². The van der Waals surface area contributed by atoms with E-state index in [0.717, 1.165) is 32.1 Å².